The highest BCUT2D eigenvalue weighted by atomic mass is 15.2. The van der Waals surface area contributed by atoms with Gasteiger partial charge in [0.15, 0.2) is 0 Å². The summed E-state index contributed by atoms with van der Waals surface area (Å²) in [5.41, 5.74) is 0. The lowest BCUT2D eigenvalue weighted by Gasteiger charge is -2.20. The van der Waals surface area contributed by atoms with Gasteiger partial charge in [-0.2, -0.15) is 5.26 Å². The van der Waals surface area contributed by atoms with Crippen LogP contribution in [0.5, 0.6) is 0 Å². The summed E-state index contributed by atoms with van der Waals surface area (Å²) < 4.78 is 0. The van der Waals surface area contributed by atoms with Crippen molar-refractivity contribution in [1.82, 2.24) is 10.2 Å². The molecule has 2 atom stereocenters. The molecule has 0 radical (unpaired) electrons. The normalized spacial score (nSPS) is 32.6. The molecule has 0 bridgehead atoms. The van der Waals surface area contributed by atoms with Crippen LogP contribution in [-0.4, -0.2) is 38.1 Å². The highest BCUT2D eigenvalue weighted by molar-refractivity contribution is 4.98. The van der Waals surface area contributed by atoms with E-state index in [1.807, 2.05) is 14.1 Å². The minimum atomic E-state index is 0.176. The van der Waals surface area contributed by atoms with Crippen molar-refractivity contribution in [3.8, 4) is 6.07 Å². The van der Waals surface area contributed by atoms with Gasteiger partial charge in [0.05, 0.1) is 12.0 Å². The van der Waals surface area contributed by atoms with Crippen LogP contribution < -0.4 is 5.32 Å². The van der Waals surface area contributed by atoms with E-state index in [4.69, 9.17) is 5.26 Å². The van der Waals surface area contributed by atoms with Gasteiger partial charge < -0.3 is 10.2 Å². The Kier molecular flexibility index (Phi) is 2.25. The van der Waals surface area contributed by atoms with E-state index in [1.54, 1.807) is 0 Å². The topological polar surface area (TPSA) is 39.1 Å². The maximum Gasteiger partial charge on any atom is 0.0755 e. The molecule has 1 rings (SSSR count). The fourth-order valence-corrected chi connectivity index (χ4v) is 1.34. The van der Waals surface area contributed by atoms with E-state index in [2.05, 4.69) is 16.3 Å². The summed E-state index contributed by atoms with van der Waals surface area (Å²) in [6, 6.07) is 2.70. The zero-order chi connectivity index (χ0) is 7.56. The van der Waals surface area contributed by atoms with Gasteiger partial charge in [-0.05, 0) is 14.1 Å². The molecule has 1 aliphatic heterocycles. The molecule has 3 heteroatoms. The molecule has 1 fully saturated rings. The molecule has 0 saturated carbocycles. The zero-order valence-electron chi connectivity index (χ0n) is 6.46. The molecular weight excluding hydrogens is 126 g/mol. The Bertz CT molecular complexity index is 147. The molecule has 1 N–H and O–H groups in total. The standard InChI is InChI=1S/C7H13N3/c1-10(2)7-5-9-4-6(7)3-8/h6-7,9H,4-5H2,1-2H3. The summed E-state index contributed by atoms with van der Waals surface area (Å²) in [5.74, 6) is 0.176. The Balaban J connectivity index is 2.52. The fraction of sp³-hybridized carbons (Fsp3) is 0.857. The molecule has 0 aliphatic carbocycles. The van der Waals surface area contributed by atoms with E-state index in [1.165, 1.54) is 0 Å². The average Bonchev–Trinajstić information content (AvgIpc) is 2.33. The molecule has 0 aromatic carbocycles. The minimum absolute atomic E-state index is 0.176. The largest absolute Gasteiger partial charge is 0.314 e. The van der Waals surface area contributed by atoms with Crippen LogP contribution in [0.3, 0.4) is 0 Å². The Hall–Kier alpha value is -0.590. The zero-order valence-corrected chi connectivity index (χ0v) is 6.46. The van der Waals surface area contributed by atoms with Crippen LogP contribution >= 0.6 is 0 Å². The van der Waals surface area contributed by atoms with E-state index in [9.17, 15) is 0 Å². The lowest BCUT2D eigenvalue weighted by Crippen LogP contribution is -2.34. The highest BCUT2D eigenvalue weighted by Gasteiger charge is 2.27. The second-order valence-electron chi connectivity index (χ2n) is 2.92. The Morgan fingerprint density at radius 1 is 1.50 bits per heavy atom. The first kappa shape index (κ1) is 7.52. The van der Waals surface area contributed by atoms with Crippen molar-refractivity contribution in [3.05, 3.63) is 0 Å². The average molecular weight is 139 g/mol. The monoisotopic (exact) mass is 139 g/mol. The first-order valence-electron chi connectivity index (χ1n) is 3.52. The Labute approximate surface area is 61.6 Å². The number of rotatable bonds is 1. The van der Waals surface area contributed by atoms with Crippen molar-refractivity contribution >= 4 is 0 Å². The van der Waals surface area contributed by atoms with Crippen LogP contribution in [-0.2, 0) is 0 Å². The van der Waals surface area contributed by atoms with Crippen LogP contribution in [0.15, 0.2) is 0 Å². The minimum Gasteiger partial charge on any atom is -0.314 e. The molecule has 2 unspecified atom stereocenters. The quantitative estimate of drug-likeness (QED) is 0.540. The number of likely N-dealkylation sites (N-methyl/N-ethyl adjacent to an activating group) is 1. The molecule has 0 aromatic heterocycles. The van der Waals surface area contributed by atoms with Crippen LogP contribution in [0.2, 0.25) is 0 Å². The third-order valence-corrected chi connectivity index (χ3v) is 2.01. The maximum atomic E-state index is 8.67. The number of hydrogen-bond donors (Lipinski definition) is 1. The van der Waals surface area contributed by atoms with Crippen molar-refractivity contribution in [3.63, 3.8) is 0 Å². The molecule has 10 heavy (non-hydrogen) atoms. The van der Waals surface area contributed by atoms with Gasteiger partial charge >= 0.3 is 0 Å². The maximum absolute atomic E-state index is 8.67. The fourth-order valence-electron chi connectivity index (χ4n) is 1.34. The van der Waals surface area contributed by atoms with Gasteiger partial charge in [0, 0.05) is 19.1 Å². The predicted molar refractivity (Wildman–Crippen MR) is 39.4 cm³/mol. The predicted octanol–water partition coefficient (Wildman–Crippen LogP) is -0.340. The van der Waals surface area contributed by atoms with Crippen molar-refractivity contribution in [2.24, 2.45) is 5.92 Å². The van der Waals surface area contributed by atoms with E-state index in [0.717, 1.165) is 13.1 Å². The van der Waals surface area contributed by atoms with E-state index >= 15 is 0 Å². The number of nitrogens with one attached hydrogen (secondary N) is 1. The third-order valence-electron chi connectivity index (χ3n) is 2.01. The second-order valence-corrected chi connectivity index (χ2v) is 2.92. The van der Waals surface area contributed by atoms with Gasteiger partial charge in [0.25, 0.3) is 0 Å². The molecule has 1 heterocycles. The van der Waals surface area contributed by atoms with E-state index < -0.39 is 0 Å². The first-order valence-corrected chi connectivity index (χ1v) is 3.52. The summed E-state index contributed by atoms with van der Waals surface area (Å²) in [7, 11) is 4.03. The smallest absolute Gasteiger partial charge is 0.0755 e. The summed E-state index contributed by atoms with van der Waals surface area (Å²) in [6.45, 7) is 1.80. The summed E-state index contributed by atoms with van der Waals surface area (Å²) in [4.78, 5) is 2.11. The summed E-state index contributed by atoms with van der Waals surface area (Å²) >= 11 is 0. The summed E-state index contributed by atoms with van der Waals surface area (Å²) in [6.07, 6.45) is 0. The lowest BCUT2D eigenvalue weighted by molar-refractivity contribution is 0.283. The Morgan fingerprint density at radius 3 is 2.60 bits per heavy atom. The molecule has 0 amide bonds. The van der Waals surface area contributed by atoms with Crippen molar-refractivity contribution in [2.75, 3.05) is 27.2 Å². The molecular formula is C7H13N3. The highest BCUT2D eigenvalue weighted by Crippen LogP contribution is 2.11. The van der Waals surface area contributed by atoms with Crippen molar-refractivity contribution < 1.29 is 0 Å². The van der Waals surface area contributed by atoms with Crippen LogP contribution in [0.1, 0.15) is 0 Å². The van der Waals surface area contributed by atoms with Crippen molar-refractivity contribution in [2.45, 2.75) is 6.04 Å². The summed E-state index contributed by atoms with van der Waals surface area (Å²) in [5, 5.41) is 11.9. The van der Waals surface area contributed by atoms with E-state index in [-0.39, 0.29) is 5.92 Å². The van der Waals surface area contributed by atoms with Crippen molar-refractivity contribution in [1.29, 1.82) is 5.26 Å². The molecule has 0 aromatic rings. The molecule has 56 valence electrons. The second kappa shape index (κ2) is 3.00. The number of nitriles is 1. The van der Waals surface area contributed by atoms with Gasteiger partial charge in [-0.25, -0.2) is 0 Å². The lowest BCUT2D eigenvalue weighted by atomic mass is 10.1. The van der Waals surface area contributed by atoms with Crippen LogP contribution in [0, 0.1) is 17.2 Å². The molecule has 1 aliphatic rings. The molecule has 3 nitrogen and oxygen atoms in total. The third kappa shape index (κ3) is 1.28. The van der Waals surface area contributed by atoms with Gasteiger partial charge in [0.2, 0.25) is 0 Å². The van der Waals surface area contributed by atoms with E-state index in [0.29, 0.717) is 6.04 Å². The molecule has 0 spiro atoms. The number of hydrogen-bond acceptors (Lipinski definition) is 3. The van der Waals surface area contributed by atoms with Gasteiger partial charge in [-0.3, -0.25) is 0 Å². The van der Waals surface area contributed by atoms with Crippen LogP contribution in [0.25, 0.3) is 0 Å². The van der Waals surface area contributed by atoms with Gasteiger partial charge in [-0.1, -0.05) is 0 Å². The van der Waals surface area contributed by atoms with Crippen LogP contribution in [0.4, 0.5) is 0 Å². The van der Waals surface area contributed by atoms with Gasteiger partial charge in [-0.15, -0.1) is 0 Å². The molecule has 1 saturated heterocycles. The Morgan fingerprint density at radius 2 is 2.20 bits per heavy atom. The first-order chi connectivity index (χ1) is 4.75. The van der Waals surface area contributed by atoms with Gasteiger partial charge in [0.1, 0.15) is 0 Å². The SMILES string of the molecule is CN(C)C1CNCC1C#N. The number of nitrogens with zero attached hydrogens (tertiary/aromatic N) is 2.